The van der Waals surface area contributed by atoms with Crippen LogP contribution >= 0.6 is 11.8 Å². The van der Waals surface area contributed by atoms with Gasteiger partial charge in [0.15, 0.2) is 5.79 Å². The van der Waals surface area contributed by atoms with Gasteiger partial charge in [-0.25, -0.2) is 0 Å². The van der Waals surface area contributed by atoms with Crippen molar-refractivity contribution in [1.29, 1.82) is 0 Å². The summed E-state index contributed by atoms with van der Waals surface area (Å²) in [4.78, 5) is 1.28. The lowest BCUT2D eigenvalue weighted by Crippen LogP contribution is -2.39. The number of hydrogen-bond donors (Lipinski definition) is 1. The number of fused-ring (bicyclic) bond motifs is 1. The zero-order chi connectivity index (χ0) is 14.2. The topological polar surface area (TPSA) is 30.5 Å². The first kappa shape index (κ1) is 14.1. The minimum absolute atomic E-state index is 0.0730. The summed E-state index contributed by atoms with van der Waals surface area (Å²) in [6.45, 7) is 7.86. The fourth-order valence-electron chi connectivity index (χ4n) is 2.89. The number of nitrogens with one attached hydrogen (secondary N) is 1. The van der Waals surface area contributed by atoms with Crippen LogP contribution in [-0.2, 0) is 9.47 Å². The van der Waals surface area contributed by atoms with Crippen LogP contribution in [0.3, 0.4) is 0 Å². The third kappa shape index (κ3) is 2.79. The molecule has 3 rings (SSSR count). The Hall–Kier alpha value is -0.810. The second kappa shape index (κ2) is 5.53. The number of hydrogen-bond acceptors (Lipinski definition) is 4. The number of rotatable bonds is 4. The van der Waals surface area contributed by atoms with E-state index < -0.39 is 5.79 Å². The standard InChI is InChI=1S/C16H21NO2S/c1-4-12-14-15(19-16(2,3)18-14)13(17-12)10-20-11-8-6-5-7-9-11/h4-9,12-15,17H,1,10H2,2-3H3/t12-,13+,14+,15-/m1/s1. The average molecular weight is 291 g/mol. The molecule has 20 heavy (non-hydrogen) atoms. The van der Waals surface area contributed by atoms with Crippen LogP contribution in [0.15, 0.2) is 47.9 Å². The maximum atomic E-state index is 6.06. The summed E-state index contributed by atoms with van der Waals surface area (Å²) in [6, 6.07) is 10.9. The molecule has 0 bridgehead atoms. The van der Waals surface area contributed by atoms with Crippen molar-refractivity contribution in [3.8, 4) is 0 Å². The second-order valence-electron chi connectivity index (χ2n) is 5.72. The van der Waals surface area contributed by atoms with Gasteiger partial charge in [-0.15, -0.1) is 18.3 Å². The van der Waals surface area contributed by atoms with Gasteiger partial charge in [0, 0.05) is 16.7 Å². The molecule has 2 aliphatic heterocycles. The average Bonchev–Trinajstić information content (AvgIpc) is 2.91. The minimum atomic E-state index is -0.492. The van der Waals surface area contributed by atoms with Gasteiger partial charge in [-0.2, -0.15) is 0 Å². The fourth-order valence-corrected chi connectivity index (χ4v) is 3.90. The van der Waals surface area contributed by atoms with Crippen molar-refractivity contribution in [3.05, 3.63) is 43.0 Å². The highest BCUT2D eigenvalue weighted by Crippen LogP contribution is 2.37. The maximum absolute atomic E-state index is 6.06. The van der Waals surface area contributed by atoms with E-state index >= 15 is 0 Å². The highest BCUT2D eigenvalue weighted by atomic mass is 32.2. The molecular formula is C16H21NO2S. The molecule has 4 atom stereocenters. The highest BCUT2D eigenvalue weighted by molar-refractivity contribution is 7.99. The zero-order valence-corrected chi connectivity index (χ0v) is 12.7. The Bertz CT molecular complexity index is 477. The molecule has 2 aliphatic rings. The number of benzene rings is 1. The highest BCUT2D eigenvalue weighted by Gasteiger charge is 2.52. The van der Waals surface area contributed by atoms with Crippen molar-refractivity contribution in [1.82, 2.24) is 5.32 Å². The van der Waals surface area contributed by atoms with Gasteiger partial charge in [0.05, 0.1) is 6.04 Å². The Morgan fingerprint density at radius 3 is 2.65 bits per heavy atom. The lowest BCUT2D eigenvalue weighted by molar-refractivity contribution is -0.154. The first-order valence-electron chi connectivity index (χ1n) is 7.01. The predicted molar refractivity (Wildman–Crippen MR) is 81.9 cm³/mol. The van der Waals surface area contributed by atoms with Crippen LogP contribution in [0.5, 0.6) is 0 Å². The van der Waals surface area contributed by atoms with E-state index in [-0.39, 0.29) is 24.3 Å². The van der Waals surface area contributed by atoms with Gasteiger partial charge in [0.25, 0.3) is 0 Å². The zero-order valence-electron chi connectivity index (χ0n) is 11.9. The van der Waals surface area contributed by atoms with E-state index in [0.717, 1.165) is 5.75 Å². The monoisotopic (exact) mass is 291 g/mol. The van der Waals surface area contributed by atoms with Crippen LogP contribution in [0.1, 0.15) is 13.8 Å². The number of thioether (sulfide) groups is 1. The van der Waals surface area contributed by atoms with Gasteiger partial charge in [-0.3, -0.25) is 0 Å². The molecule has 1 aromatic carbocycles. The van der Waals surface area contributed by atoms with Gasteiger partial charge in [-0.1, -0.05) is 24.3 Å². The molecule has 2 saturated heterocycles. The largest absolute Gasteiger partial charge is 0.343 e. The van der Waals surface area contributed by atoms with Crippen molar-refractivity contribution in [2.75, 3.05) is 5.75 Å². The quantitative estimate of drug-likeness (QED) is 0.682. The molecule has 0 amide bonds. The van der Waals surface area contributed by atoms with Crippen molar-refractivity contribution in [3.63, 3.8) is 0 Å². The van der Waals surface area contributed by atoms with Crippen molar-refractivity contribution in [2.24, 2.45) is 0 Å². The van der Waals surface area contributed by atoms with E-state index in [1.165, 1.54) is 4.90 Å². The third-order valence-corrected chi connectivity index (χ3v) is 4.88. The molecule has 3 nitrogen and oxygen atoms in total. The van der Waals surface area contributed by atoms with Gasteiger partial charge in [0.1, 0.15) is 12.2 Å². The van der Waals surface area contributed by atoms with E-state index in [1.807, 2.05) is 37.8 Å². The molecule has 1 aromatic rings. The summed E-state index contributed by atoms with van der Waals surface area (Å²) in [6.07, 6.45) is 2.10. The summed E-state index contributed by atoms with van der Waals surface area (Å²) in [5, 5.41) is 3.56. The third-order valence-electron chi connectivity index (χ3n) is 3.75. The summed E-state index contributed by atoms with van der Waals surface area (Å²) in [5.41, 5.74) is 0. The Morgan fingerprint density at radius 2 is 1.95 bits per heavy atom. The summed E-state index contributed by atoms with van der Waals surface area (Å²) >= 11 is 1.85. The van der Waals surface area contributed by atoms with Crippen molar-refractivity contribution >= 4 is 11.8 Å². The second-order valence-corrected chi connectivity index (χ2v) is 6.82. The molecule has 0 unspecified atom stereocenters. The molecule has 0 radical (unpaired) electrons. The minimum Gasteiger partial charge on any atom is -0.343 e. The summed E-state index contributed by atoms with van der Waals surface area (Å²) < 4.78 is 12.1. The Kier molecular flexibility index (Phi) is 3.91. The van der Waals surface area contributed by atoms with Gasteiger partial charge < -0.3 is 14.8 Å². The Balaban J connectivity index is 1.66. The number of ether oxygens (including phenoxy) is 2. The lowest BCUT2D eigenvalue weighted by Gasteiger charge is -2.23. The predicted octanol–water partition coefficient (Wildman–Crippen LogP) is 2.83. The summed E-state index contributed by atoms with van der Waals surface area (Å²) in [7, 11) is 0. The molecular weight excluding hydrogens is 270 g/mol. The first-order chi connectivity index (χ1) is 9.59. The van der Waals surface area contributed by atoms with Crippen molar-refractivity contribution < 1.29 is 9.47 Å². The smallest absolute Gasteiger partial charge is 0.163 e. The molecule has 0 saturated carbocycles. The normalized spacial score (nSPS) is 34.9. The molecule has 0 spiro atoms. The Labute approximate surface area is 124 Å². The van der Waals surface area contributed by atoms with E-state index in [2.05, 4.69) is 36.2 Å². The molecule has 4 heteroatoms. The van der Waals surface area contributed by atoms with E-state index in [0.29, 0.717) is 0 Å². The van der Waals surface area contributed by atoms with Crippen molar-refractivity contribution in [2.45, 2.75) is 48.8 Å². The molecule has 108 valence electrons. The summed E-state index contributed by atoms with van der Waals surface area (Å²) in [5.74, 6) is 0.476. The van der Waals surface area contributed by atoms with Crippen LogP contribution in [0.2, 0.25) is 0 Å². The first-order valence-corrected chi connectivity index (χ1v) is 8.00. The molecule has 1 N–H and O–H groups in total. The van der Waals surface area contributed by atoms with Crippen LogP contribution < -0.4 is 5.32 Å². The van der Waals surface area contributed by atoms with Gasteiger partial charge in [0.2, 0.25) is 0 Å². The van der Waals surface area contributed by atoms with E-state index in [1.54, 1.807) is 0 Å². The van der Waals surface area contributed by atoms with E-state index in [4.69, 9.17) is 9.47 Å². The van der Waals surface area contributed by atoms with Gasteiger partial charge in [-0.05, 0) is 26.0 Å². The van der Waals surface area contributed by atoms with Gasteiger partial charge >= 0.3 is 0 Å². The fraction of sp³-hybridized carbons (Fsp3) is 0.500. The SMILES string of the molecule is C=C[C@H]1N[C@@H](CSc2ccccc2)[C@H]2OC(C)(C)O[C@H]21. The van der Waals surface area contributed by atoms with Crippen LogP contribution in [0.4, 0.5) is 0 Å². The molecule has 2 heterocycles. The lowest BCUT2D eigenvalue weighted by atomic mass is 10.1. The van der Waals surface area contributed by atoms with Crippen LogP contribution in [-0.4, -0.2) is 35.8 Å². The molecule has 0 aliphatic carbocycles. The Morgan fingerprint density at radius 1 is 1.25 bits per heavy atom. The molecule has 2 fully saturated rings. The molecule has 0 aromatic heterocycles. The maximum Gasteiger partial charge on any atom is 0.163 e. The van der Waals surface area contributed by atoms with E-state index in [9.17, 15) is 0 Å². The van der Waals surface area contributed by atoms with Crippen LogP contribution in [0, 0.1) is 0 Å². The van der Waals surface area contributed by atoms with Crippen LogP contribution in [0.25, 0.3) is 0 Å².